The largest absolute Gasteiger partial charge is 0.438 e. The average molecular weight is 305 g/mol. The predicted molar refractivity (Wildman–Crippen MR) is 83.1 cm³/mol. The van der Waals surface area contributed by atoms with E-state index in [1.165, 1.54) is 5.56 Å². The fourth-order valence-electron chi connectivity index (χ4n) is 1.97. The lowest BCUT2D eigenvalue weighted by molar-refractivity contribution is 0.468. The smallest absolute Gasteiger partial charge is 0.232 e. The van der Waals surface area contributed by atoms with E-state index in [-0.39, 0.29) is 5.28 Å². The first-order valence-electron chi connectivity index (χ1n) is 6.36. The molecule has 1 aromatic carbocycles. The third-order valence-electron chi connectivity index (χ3n) is 3.00. The molecule has 0 aliphatic heterocycles. The van der Waals surface area contributed by atoms with E-state index in [0.717, 1.165) is 27.3 Å². The molecule has 20 heavy (non-hydrogen) atoms. The van der Waals surface area contributed by atoms with Crippen LogP contribution in [0, 0.1) is 6.92 Å². The number of nitrogens with zero attached hydrogens (tertiary/aromatic N) is 2. The number of hydrogen-bond donors (Lipinski definition) is 0. The number of fused-ring (bicyclic) bond motifs is 1. The summed E-state index contributed by atoms with van der Waals surface area (Å²) in [5.74, 6) is 1.26. The van der Waals surface area contributed by atoms with Crippen LogP contribution in [0.15, 0.2) is 30.3 Å². The second kappa shape index (κ2) is 5.38. The minimum absolute atomic E-state index is 0.208. The van der Waals surface area contributed by atoms with E-state index in [1.54, 1.807) is 11.3 Å². The van der Waals surface area contributed by atoms with Crippen LogP contribution in [0.1, 0.15) is 17.4 Å². The zero-order valence-electron chi connectivity index (χ0n) is 11.2. The molecule has 0 fully saturated rings. The van der Waals surface area contributed by atoms with E-state index < -0.39 is 0 Å². The van der Waals surface area contributed by atoms with Gasteiger partial charge in [-0.2, -0.15) is 4.98 Å². The van der Waals surface area contributed by atoms with Crippen LogP contribution in [0.3, 0.4) is 0 Å². The Balaban J connectivity index is 2.00. The fraction of sp³-hybridized carbons (Fsp3) is 0.200. The van der Waals surface area contributed by atoms with E-state index in [1.807, 2.05) is 37.3 Å². The van der Waals surface area contributed by atoms with Crippen LogP contribution < -0.4 is 4.74 Å². The SMILES string of the molecule is CCc1ccc(Oc2nc(Cl)nc3sc(C)cc23)cc1. The van der Waals surface area contributed by atoms with Crippen LogP contribution >= 0.6 is 22.9 Å². The summed E-state index contributed by atoms with van der Waals surface area (Å²) in [7, 11) is 0. The number of aromatic nitrogens is 2. The number of halogens is 1. The van der Waals surface area contributed by atoms with Crippen LogP contribution in [0.5, 0.6) is 11.6 Å². The molecule has 0 aliphatic rings. The summed E-state index contributed by atoms with van der Waals surface area (Å²) in [4.78, 5) is 10.4. The first kappa shape index (κ1) is 13.3. The molecule has 0 aliphatic carbocycles. The molecule has 0 N–H and O–H groups in total. The molecule has 2 heterocycles. The Morgan fingerprint density at radius 2 is 1.95 bits per heavy atom. The number of ether oxygens (including phenoxy) is 1. The van der Waals surface area contributed by atoms with Crippen molar-refractivity contribution in [2.75, 3.05) is 0 Å². The lowest BCUT2D eigenvalue weighted by atomic mass is 10.2. The number of aryl methyl sites for hydroxylation is 2. The van der Waals surface area contributed by atoms with E-state index >= 15 is 0 Å². The van der Waals surface area contributed by atoms with Crippen molar-refractivity contribution in [1.82, 2.24) is 9.97 Å². The molecular formula is C15H13ClN2OS. The average Bonchev–Trinajstić information content (AvgIpc) is 2.80. The first-order valence-corrected chi connectivity index (χ1v) is 7.55. The summed E-state index contributed by atoms with van der Waals surface area (Å²) in [5.41, 5.74) is 1.27. The minimum atomic E-state index is 0.208. The molecule has 5 heteroatoms. The van der Waals surface area contributed by atoms with Crippen molar-refractivity contribution < 1.29 is 4.74 Å². The van der Waals surface area contributed by atoms with Gasteiger partial charge in [0.05, 0.1) is 5.39 Å². The molecule has 0 saturated carbocycles. The summed E-state index contributed by atoms with van der Waals surface area (Å²) in [6.45, 7) is 4.15. The molecule has 3 aromatic rings. The number of benzene rings is 1. The number of hydrogen-bond acceptors (Lipinski definition) is 4. The van der Waals surface area contributed by atoms with E-state index in [2.05, 4.69) is 16.9 Å². The molecule has 0 atom stereocenters. The van der Waals surface area contributed by atoms with Gasteiger partial charge in [-0.15, -0.1) is 11.3 Å². The molecule has 0 bridgehead atoms. The van der Waals surface area contributed by atoms with Gasteiger partial charge >= 0.3 is 0 Å². The van der Waals surface area contributed by atoms with Gasteiger partial charge in [-0.25, -0.2) is 4.98 Å². The van der Waals surface area contributed by atoms with Gasteiger partial charge in [-0.3, -0.25) is 0 Å². The summed E-state index contributed by atoms with van der Waals surface area (Å²) >= 11 is 7.53. The first-order chi connectivity index (χ1) is 9.65. The normalized spacial score (nSPS) is 10.9. The fourth-order valence-corrected chi connectivity index (χ4v) is 3.06. The Morgan fingerprint density at radius 3 is 2.65 bits per heavy atom. The Morgan fingerprint density at radius 1 is 1.20 bits per heavy atom. The van der Waals surface area contributed by atoms with Gasteiger partial charge in [-0.05, 0) is 48.7 Å². The maximum Gasteiger partial charge on any atom is 0.232 e. The molecule has 0 amide bonds. The van der Waals surface area contributed by atoms with Gasteiger partial charge in [0.25, 0.3) is 0 Å². The van der Waals surface area contributed by atoms with E-state index in [0.29, 0.717) is 5.88 Å². The quantitative estimate of drug-likeness (QED) is 0.638. The lowest BCUT2D eigenvalue weighted by Gasteiger charge is -2.06. The number of rotatable bonds is 3. The van der Waals surface area contributed by atoms with Crippen LogP contribution in [-0.4, -0.2) is 9.97 Å². The van der Waals surface area contributed by atoms with Crippen molar-refractivity contribution in [3.8, 4) is 11.6 Å². The highest BCUT2D eigenvalue weighted by molar-refractivity contribution is 7.18. The zero-order chi connectivity index (χ0) is 14.1. The van der Waals surface area contributed by atoms with Crippen LogP contribution in [0.4, 0.5) is 0 Å². The molecule has 0 unspecified atom stereocenters. The second-order valence-corrected chi connectivity index (χ2v) is 6.05. The molecule has 3 nitrogen and oxygen atoms in total. The Kier molecular flexibility index (Phi) is 3.59. The van der Waals surface area contributed by atoms with Crippen LogP contribution in [-0.2, 0) is 6.42 Å². The van der Waals surface area contributed by atoms with Gasteiger partial charge in [0.15, 0.2) is 0 Å². The molecular weight excluding hydrogens is 292 g/mol. The highest BCUT2D eigenvalue weighted by Crippen LogP contribution is 2.33. The molecule has 2 aromatic heterocycles. The van der Waals surface area contributed by atoms with Crippen LogP contribution in [0.2, 0.25) is 5.28 Å². The van der Waals surface area contributed by atoms with Gasteiger partial charge in [0.1, 0.15) is 10.6 Å². The standard InChI is InChI=1S/C15H13ClN2OS/c1-3-10-4-6-11(7-5-10)19-13-12-8-9(2)20-14(12)18-15(16)17-13/h4-8H,3H2,1-2H3. The molecule has 0 saturated heterocycles. The van der Waals surface area contributed by atoms with Gasteiger partial charge in [0.2, 0.25) is 11.2 Å². The summed E-state index contributed by atoms with van der Waals surface area (Å²) in [6, 6.07) is 10.0. The minimum Gasteiger partial charge on any atom is -0.438 e. The van der Waals surface area contributed by atoms with Gasteiger partial charge in [-0.1, -0.05) is 19.1 Å². The third kappa shape index (κ3) is 2.62. The molecule has 0 radical (unpaired) electrons. The lowest BCUT2D eigenvalue weighted by Crippen LogP contribution is -1.91. The van der Waals surface area contributed by atoms with Crippen molar-refractivity contribution >= 4 is 33.2 Å². The maximum absolute atomic E-state index is 5.95. The Hall–Kier alpha value is -1.65. The van der Waals surface area contributed by atoms with Crippen molar-refractivity contribution in [1.29, 1.82) is 0 Å². The zero-order valence-corrected chi connectivity index (χ0v) is 12.8. The van der Waals surface area contributed by atoms with E-state index in [4.69, 9.17) is 16.3 Å². The van der Waals surface area contributed by atoms with Crippen molar-refractivity contribution in [2.24, 2.45) is 0 Å². The van der Waals surface area contributed by atoms with E-state index in [9.17, 15) is 0 Å². The maximum atomic E-state index is 5.95. The monoisotopic (exact) mass is 304 g/mol. The highest BCUT2D eigenvalue weighted by Gasteiger charge is 2.11. The van der Waals surface area contributed by atoms with Crippen molar-refractivity contribution in [3.05, 3.63) is 46.1 Å². The summed E-state index contributed by atoms with van der Waals surface area (Å²) in [6.07, 6.45) is 1.01. The molecule has 0 spiro atoms. The van der Waals surface area contributed by atoms with Crippen molar-refractivity contribution in [3.63, 3.8) is 0 Å². The summed E-state index contributed by atoms with van der Waals surface area (Å²) < 4.78 is 5.86. The van der Waals surface area contributed by atoms with Gasteiger partial charge in [0, 0.05) is 4.88 Å². The number of thiophene rings is 1. The molecule has 3 rings (SSSR count). The van der Waals surface area contributed by atoms with Crippen molar-refractivity contribution in [2.45, 2.75) is 20.3 Å². The topological polar surface area (TPSA) is 35.0 Å². The Bertz CT molecular complexity index is 752. The molecule has 102 valence electrons. The second-order valence-electron chi connectivity index (χ2n) is 4.47. The summed E-state index contributed by atoms with van der Waals surface area (Å²) in [5, 5.41) is 1.11. The van der Waals surface area contributed by atoms with Crippen LogP contribution in [0.25, 0.3) is 10.2 Å². The highest BCUT2D eigenvalue weighted by atomic mass is 35.5. The third-order valence-corrected chi connectivity index (χ3v) is 4.11. The van der Waals surface area contributed by atoms with Gasteiger partial charge < -0.3 is 4.74 Å². The predicted octanol–water partition coefficient (Wildman–Crippen LogP) is 5.01. The Labute approximate surface area is 126 Å².